The van der Waals surface area contributed by atoms with Gasteiger partial charge in [-0.05, 0) is 126 Å². The summed E-state index contributed by atoms with van der Waals surface area (Å²) in [7, 11) is 0. The predicted molar refractivity (Wildman–Crippen MR) is 225 cm³/mol. The number of benzene rings is 9. The molecule has 0 saturated carbocycles. The van der Waals surface area contributed by atoms with Crippen molar-refractivity contribution in [1.82, 2.24) is 9.55 Å². The molecule has 2 heterocycles. The van der Waals surface area contributed by atoms with Crippen molar-refractivity contribution < 1.29 is 0 Å². The van der Waals surface area contributed by atoms with Gasteiger partial charge < -0.3 is 4.57 Å². The van der Waals surface area contributed by atoms with Crippen molar-refractivity contribution in [3.05, 3.63) is 194 Å². The van der Waals surface area contributed by atoms with Crippen LogP contribution in [0.5, 0.6) is 0 Å². The monoisotopic (exact) mass is 672 g/mol. The van der Waals surface area contributed by atoms with E-state index in [0.29, 0.717) is 0 Å². The second kappa shape index (κ2) is 11.8. The summed E-state index contributed by atoms with van der Waals surface area (Å²) in [5, 5.41) is 11.1. The molecule has 0 unspecified atom stereocenters. The third kappa shape index (κ3) is 4.77. The van der Waals surface area contributed by atoms with Crippen LogP contribution >= 0.6 is 0 Å². The first-order chi connectivity index (χ1) is 26.3. The van der Waals surface area contributed by atoms with E-state index < -0.39 is 0 Å². The summed E-state index contributed by atoms with van der Waals surface area (Å²) >= 11 is 0. The van der Waals surface area contributed by atoms with E-state index in [0.717, 1.165) is 22.1 Å². The zero-order valence-corrected chi connectivity index (χ0v) is 28.9. The fourth-order valence-corrected chi connectivity index (χ4v) is 8.42. The molecule has 0 aliphatic rings. The predicted octanol–water partition coefficient (Wildman–Crippen LogP) is 13.8. The number of hydrogen-bond acceptors (Lipinski definition) is 1. The lowest BCUT2D eigenvalue weighted by Gasteiger charge is -2.14. The molecule has 0 N–H and O–H groups in total. The average molecular weight is 673 g/mol. The van der Waals surface area contributed by atoms with Gasteiger partial charge >= 0.3 is 0 Å². The maximum Gasteiger partial charge on any atom is 0.0963 e. The normalized spacial score (nSPS) is 11.8. The van der Waals surface area contributed by atoms with Gasteiger partial charge in [-0.1, -0.05) is 133 Å². The van der Waals surface area contributed by atoms with Gasteiger partial charge in [0, 0.05) is 22.7 Å². The lowest BCUT2D eigenvalue weighted by atomic mass is 9.92. The van der Waals surface area contributed by atoms with Gasteiger partial charge in [-0.25, -0.2) is 0 Å². The number of nitrogens with zero attached hydrogens (tertiary/aromatic N) is 2. The summed E-state index contributed by atoms with van der Waals surface area (Å²) in [6, 6.07) is 68.5. The van der Waals surface area contributed by atoms with Crippen LogP contribution < -0.4 is 0 Å². The van der Waals surface area contributed by atoms with Crippen LogP contribution in [0.1, 0.15) is 0 Å². The minimum Gasteiger partial charge on any atom is -0.307 e. The smallest absolute Gasteiger partial charge is 0.0963 e. The number of para-hydroxylation sites is 1. The molecular formula is C51H32N2. The molecule has 0 aliphatic heterocycles. The van der Waals surface area contributed by atoms with E-state index in [9.17, 15) is 0 Å². The van der Waals surface area contributed by atoms with E-state index in [2.05, 4.69) is 187 Å². The van der Waals surface area contributed by atoms with Crippen LogP contribution in [0.4, 0.5) is 0 Å². The minimum absolute atomic E-state index is 1.02. The van der Waals surface area contributed by atoms with Crippen LogP contribution in [0.3, 0.4) is 0 Å². The maximum atomic E-state index is 4.92. The highest BCUT2D eigenvalue weighted by Gasteiger charge is 2.19. The highest BCUT2D eigenvalue weighted by atomic mass is 15.0. The zero-order valence-electron chi connectivity index (χ0n) is 28.9. The Hall–Kier alpha value is -7.03. The highest BCUT2D eigenvalue weighted by Crippen LogP contribution is 2.42. The van der Waals surface area contributed by atoms with Gasteiger partial charge in [0.25, 0.3) is 0 Å². The molecule has 53 heavy (non-hydrogen) atoms. The molecule has 0 bridgehead atoms. The first-order valence-electron chi connectivity index (χ1n) is 18.2. The second-order valence-corrected chi connectivity index (χ2v) is 14.0. The number of fused-ring (bicyclic) bond motifs is 9. The third-order valence-electron chi connectivity index (χ3n) is 11.0. The lowest BCUT2D eigenvalue weighted by molar-refractivity contribution is 1.18. The fourth-order valence-electron chi connectivity index (χ4n) is 8.42. The maximum absolute atomic E-state index is 4.92. The molecule has 0 atom stereocenters. The van der Waals surface area contributed by atoms with Gasteiger partial charge in [0.05, 0.1) is 16.6 Å². The molecule has 11 rings (SSSR count). The van der Waals surface area contributed by atoms with E-state index in [1.807, 2.05) is 12.3 Å². The number of pyridine rings is 1. The van der Waals surface area contributed by atoms with Gasteiger partial charge in [0.1, 0.15) is 0 Å². The summed E-state index contributed by atoms with van der Waals surface area (Å²) < 4.78 is 2.37. The van der Waals surface area contributed by atoms with E-state index in [4.69, 9.17) is 4.98 Å². The van der Waals surface area contributed by atoms with Crippen LogP contribution in [0.25, 0.3) is 104 Å². The van der Waals surface area contributed by atoms with Crippen LogP contribution in [0.15, 0.2) is 194 Å². The van der Waals surface area contributed by atoms with Gasteiger partial charge in [-0.3, -0.25) is 4.98 Å². The summed E-state index contributed by atoms with van der Waals surface area (Å²) in [5.74, 6) is 0. The van der Waals surface area contributed by atoms with Crippen LogP contribution in [0.2, 0.25) is 0 Å². The lowest BCUT2D eigenvalue weighted by Crippen LogP contribution is -1.94. The minimum atomic E-state index is 1.02. The van der Waals surface area contributed by atoms with Crippen molar-refractivity contribution in [2.24, 2.45) is 0 Å². The first kappa shape index (κ1) is 29.7. The second-order valence-electron chi connectivity index (χ2n) is 14.0. The fraction of sp³-hybridized carbons (Fsp3) is 0. The topological polar surface area (TPSA) is 17.8 Å². The summed E-state index contributed by atoms with van der Waals surface area (Å²) in [6.45, 7) is 0. The molecule has 9 aromatic carbocycles. The van der Waals surface area contributed by atoms with Crippen molar-refractivity contribution in [3.63, 3.8) is 0 Å². The largest absolute Gasteiger partial charge is 0.307 e. The quantitative estimate of drug-likeness (QED) is 0.170. The molecule has 0 radical (unpaired) electrons. The number of hydrogen-bond donors (Lipinski definition) is 0. The zero-order chi connectivity index (χ0) is 34.9. The summed E-state index contributed by atoms with van der Waals surface area (Å²) in [6.07, 6.45) is 1.90. The van der Waals surface area contributed by atoms with Crippen LogP contribution in [-0.2, 0) is 0 Å². The average Bonchev–Trinajstić information content (AvgIpc) is 3.57. The molecule has 0 saturated heterocycles. The number of rotatable bonds is 4. The van der Waals surface area contributed by atoms with Crippen molar-refractivity contribution in [2.45, 2.75) is 0 Å². The highest BCUT2D eigenvalue weighted by molar-refractivity contribution is 6.21. The van der Waals surface area contributed by atoms with Gasteiger partial charge in [-0.15, -0.1) is 0 Å². The molecule has 2 heteroatoms. The van der Waals surface area contributed by atoms with E-state index in [1.54, 1.807) is 0 Å². The Morgan fingerprint density at radius 1 is 0.340 bits per heavy atom. The Morgan fingerprint density at radius 2 is 0.887 bits per heavy atom. The standard InChI is InChI=1S/C51H32N2/c1-3-10-33(11-4-1)34-17-18-36-29-37(20-19-35(36)28-34)38-23-25-43-39(30-38)21-22-40-31-41(24-26-44(40)43)47-32-48-50-49(16-9-27-52-50)53(42-12-5-2-6-13-42)51(48)46-15-8-7-14-45(46)47/h1-32H. The van der Waals surface area contributed by atoms with E-state index in [-0.39, 0.29) is 0 Å². The van der Waals surface area contributed by atoms with Gasteiger partial charge in [-0.2, -0.15) is 0 Å². The Balaban J connectivity index is 1.01. The molecule has 0 aliphatic carbocycles. The third-order valence-corrected chi connectivity index (χ3v) is 11.0. The molecule has 0 amide bonds. The SMILES string of the molecule is c1ccc(-c2ccc3cc(-c4ccc5c(ccc6cc(-c7cc8c9ncccc9n(-c9ccccc9)c8c8ccccc78)ccc65)c4)ccc3c2)cc1. The Kier molecular flexibility index (Phi) is 6.59. The van der Waals surface area contributed by atoms with Crippen molar-refractivity contribution in [1.29, 1.82) is 0 Å². The van der Waals surface area contributed by atoms with Gasteiger partial charge in [0.2, 0.25) is 0 Å². The molecule has 11 aromatic rings. The van der Waals surface area contributed by atoms with Crippen LogP contribution in [0, 0.1) is 0 Å². The Bertz CT molecular complexity index is 3210. The molecule has 0 fully saturated rings. The van der Waals surface area contributed by atoms with Crippen molar-refractivity contribution in [3.8, 4) is 39.1 Å². The Morgan fingerprint density at radius 3 is 1.60 bits per heavy atom. The summed E-state index contributed by atoms with van der Waals surface area (Å²) in [5.41, 5.74) is 11.8. The van der Waals surface area contributed by atoms with Crippen LogP contribution in [-0.4, -0.2) is 9.55 Å². The molecule has 2 aromatic heterocycles. The van der Waals surface area contributed by atoms with E-state index in [1.165, 1.54) is 82.0 Å². The molecule has 246 valence electrons. The Labute approximate surface area is 306 Å². The molecule has 2 nitrogen and oxygen atoms in total. The summed E-state index contributed by atoms with van der Waals surface area (Å²) in [4.78, 5) is 4.92. The number of aromatic nitrogens is 2. The first-order valence-corrected chi connectivity index (χ1v) is 18.2. The molecular weight excluding hydrogens is 641 g/mol. The van der Waals surface area contributed by atoms with E-state index >= 15 is 0 Å². The molecule has 0 spiro atoms. The van der Waals surface area contributed by atoms with Crippen molar-refractivity contribution in [2.75, 3.05) is 0 Å². The van der Waals surface area contributed by atoms with Crippen molar-refractivity contribution >= 4 is 65.0 Å². The van der Waals surface area contributed by atoms with Gasteiger partial charge in [0.15, 0.2) is 0 Å².